The van der Waals surface area contributed by atoms with Gasteiger partial charge in [-0.25, -0.2) is 9.59 Å². The lowest BCUT2D eigenvalue weighted by molar-refractivity contribution is -0.193. The minimum Gasteiger partial charge on any atom is -0.433 e. The van der Waals surface area contributed by atoms with Crippen LogP contribution in [-0.2, 0) is 23.8 Å². The first-order valence-corrected chi connectivity index (χ1v) is 5.01. The quantitative estimate of drug-likeness (QED) is 0.526. The van der Waals surface area contributed by atoms with Gasteiger partial charge in [0.05, 0.1) is 12.5 Å². The Labute approximate surface area is 101 Å². The van der Waals surface area contributed by atoms with Gasteiger partial charge in [0, 0.05) is 0 Å². The van der Waals surface area contributed by atoms with Gasteiger partial charge in [0.2, 0.25) is 0 Å². The molecule has 0 unspecified atom stereocenters. The van der Waals surface area contributed by atoms with Crippen LogP contribution >= 0.6 is 0 Å². The molecule has 0 radical (unpaired) electrons. The topological polar surface area (TPSA) is 61.8 Å². The molecule has 0 spiro atoms. The molecule has 0 heterocycles. The predicted molar refractivity (Wildman–Crippen MR) is 61.8 cm³/mol. The van der Waals surface area contributed by atoms with Crippen molar-refractivity contribution in [2.24, 2.45) is 0 Å². The summed E-state index contributed by atoms with van der Waals surface area (Å²) in [6, 6.07) is 0. The predicted octanol–water partition coefficient (Wildman–Crippen LogP) is 1.93. The van der Waals surface area contributed by atoms with Crippen LogP contribution in [0.1, 0.15) is 27.7 Å². The van der Waals surface area contributed by atoms with Crippen LogP contribution in [0.25, 0.3) is 0 Å². The average molecular weight is 242 g/mol. The summed E-state index contributed by atoms with van der Waals surface area (Å²) in [5.41, 5.74) is -2.59. The molecule has 0 bridgehead atoms. The van der Waals surface area contributed by atoms with Gasteiger partial charge in [-0.2, -0.15) is 0 Å². The van der Waals surface area contributed by atoms with E-state index in [1.807, 2.05) is 0 Å². The van der Waals surface area contributed by atoms with Crippen LogP contribution in [0.4, 0.5) is 0 Å². The number of esters is 2. The Morgan fingerprint density at radius 1 is 0.882 bits per heavy atom. The third-order valence-electron chi connectivity index (χ3n) is 1.87. The molecule has 17 heavy (non-hydrogen) atoms. The highest BCUT2D eigenvalue weighted by atomic mass is 16.6. The maximum Gasteiger partial charge on any atom is 0.342 e. The van der Waals surface area contributed by atoms with E-state index in [2.05, 4.69) is 22.6 Å². The number of ether oxygens (including phenoxy) is 3. The zero-order valence-electron chi connectivity index (χ0n) is 10.6. The summed E-state index contributed by atoms with van der Waals surface area (Å²) in [6.07, 6.45) is 2.00. The van der Waals surface area contributed by atoms with Crippen molar-refractivity contribution in [2.45, 2.75) is 38.9 Å². The third kappa shape index (κ3) is 4.40. The van der Waals surface area contributed by atoms with Gasteiger partial charge in [-0.1, -0.05) is 13.2 Å². The zero-order chi connectivity index (χ0) is 13.7. The fraction of sp³-hybridized carbons (Fsp3) is 0.500. The number of hydrogen-bond acceptors (Lipinski definition) is 5. The molecule has 0 aliphatic carbocycles. The van der Waals surface area contributed by atoms with Gasteiger partial charge in [0.1, 0.15) is 0 Å². The number of carbonyl (C=O) groups excluding carboxylic acids is 2. The van der Waals surface area contributed by atoms with E-state index in [9.17, 15) is 9.59 Å². The van der Waals surface area contributed by atoms with Gasteiger partial charge in [-0.05, 0) is 27.7 Å². The van der Waals surface area contributed by atoms with Crippen molar-refractivity contribution >= 4 is 11.9 Å². The molecule has 0 aromatic carbocycles. The molecule has 0 N–H and O–H groups in total. The first kappa shape index (κ1) is 15.4. The minimum absolute atomic E-state index is 0.646. The highest BCUT2D eigenvalue weighted by Crippen LogP contribution is 2.23. The zero-order valence-corrected chi connectivity index (χ0v) is 10.6. The molecule has 0 saturated carbocycles. The molecule has 0 aromatic heterocycles. The summed E-state index contributed by atoms with van der Waals surface area (Å²) in [6.45, 7) is 12.5. The smallest absolute Gasteiger partial charge is 0.342 e. The van der Waals surface area contributed by atoms with E-state index < -0.39 is 23.1 Å². The Hall–Kier alpha value is -1.62. The van der Waals surface area contributed by atoms with Crippen molar-refractivity contribution in [3.63, 3.8) is 0 Å². The summed E-state index contributed by atoms with van der Waals surface area (Å²) in [7, 11) is 0. The van der Waals surface area contributed by atoms with E-state index in [0.717, 1.165) is 12.5 Å². The Bertz CT molecular complexity index is 296. The van der Waals surface area contributed by atoms with Crippen LogP contribution in [0.5, 0.6) is 0 Å². The first-order chi connectivity index (χ1) is 7.67. The van der Waals surface area contributed by atoms with E-state index >= 15 is 0 Å². The van der Waals surface area contributed by atoms with Crippen molar-refractivity contribution in [2.75, 3.05) is 0 Å². The molecule has 5 heteroatoms. The van der Waals surface area contributed by atoms with Gasteiger partial charge < -0.3 is 14.2 Å². The van der Waals surface area contributed by atoms with Gasteiger partial charge in [0.15, 0.2) is 11.2 Å². The molecule has 0 aromatic rings. The maximum absolute atomic E-state index is 11.5. The fourth-order valence-electron chi connectivity index (χ4n) is 1.16. The summed E-state index contributed by atoms with van der Waals surface area (Å²) < 4.78 is 14.6. The molecule has 0 amide bonds. The van der Waals surface area contributed by atoms with E-state index in [4.69, 9.17) is 4.74 Å². The van der Waals surface area contributed by atoms with Gasteiger partial charge in [0.25, 0.3) is 0 Å². The lowest BCUT2D eigenvalue weighted by Crippen LogP contribution is -2.47. The second-order valence-corrected chi connectivity index (χ2v) is 4.27. The van der Waals surface area contributed by atoms with Crippen molar-refractivity contribution in [3.05, 3.63) is 25.7 Å². The second-order valence-electron chi connectivity index (χ2n) is 4.27. The van der Waals surface area contributed by atoms with Crippen LogP contribution in [-0.4, -0.2) is 23.1 Å². The van der Waals surface area contributed by atoms with Gasteiger partial charge >= 0.3 is 11.9 Å². The van der Waals surface area contributed by atoms with E-state index in [-0.39, 0.29) is 0 Å². The highest BCUT2D eigenvalue weighted by molar-refractivity contribution is 5.82. The molecule has 0 rings (SSSR count). The average Bonchev–Trinajstić information content (AvgIpc) is 2.16. The van der Waals surface area contributed by atoms with Crippen LogP contribution in [0.2, 0.25) is 0 Å². The van der Waals surface area contributed by atoms with E-state index in [0.29, 0.717) is 0 Å². The first-order valence-electron chi connectivity index (χ1n) is 5.01. The number of carbonyl (C=O) groups is 2. The molecular formula is C12H18O5. The van der Waals surface area contributed by atoms with Crippen molar-refractivity contribution < 1.29 is 23.8 Å². The van der Waals surface area contributed by atoms with Crippen LogP contribution < -0.4 is 0 Å². The molecule has 0 atom stereocenters. The molecule has 0 saturated heterocycles. The summed E-state index contributed by atoms with van der Waals surface area (Å²) >= 11 is 0. The SMILES string of the molecule is C=COC(=O)C(C)(C)OC(C)(C)C(=O)OC=C. The molecule has 5 nitrogen and oxygen atoms in total. The van der Waals surface area contributed by atoms with Gasteiger partial charge in [-0.3, -0.25) is 0 Å². The van der Waals surface area contributed by atoms with E-state index in [1.54, 1.807) is 0 Å². The maximum atomic E-state index is 11.5. The molecular weight excluding hydrogens is 224 g/mol. The van der Waals surface area contributed by atoms with Crippen LogP contribution in [0.15, 0.2) is 25.7 Å². The lowest BCUT2D eigenvalue weighted by atomic mass is 10.1. The Morgan fingerprint density at radius 3 is 1.41 bits per heavy atom. The lowest BCUT2D eigenvalue weighted by Gasteiger charge is -2.31. The van der Waals surface area contributed by atoms with Gasteiger partial charge in [-0.15, -0.1) is 0 Å². The summed E-state index contributed by atoms with van der Waals surface area (Å²) in [4.78, 5) is 23.1. The Morgan fingerprint density at radius 2 is 1.18 bits per heavy atom. The van der Waals surface area contributed by atoms with Crippen molar-refractivity contribution in [1.82, 2.24) is 0 Å². The number of rotatable bonds is 6. The summed E-state index contributed by atoms with van der Waals surface area (Å²) in [5, 5.41) is 0. The highest BCUT2D eigenvalue weighted by Gasteiger charge is 2.41. The fourth-order valence-corrected chi connectivity index (χ4v) is 1.16. The molecule has 0 aliphatic heterocycles. The largest absolute Gasteiger partial charge is 0.433 e. The third-order valence-corrected chi connectivity index (χ3v) is 1.87. The van der Waals surface area contributed by atoms with Crippen LogP contribution in [0.3, 0.4) is 0 Å². The molecule has 0 fully saturated rings. The Kier molecular flexibility index (Phi) is 5.10. The van der Waals surface area contributed by atoms with E-state index in [1.165, 1.54) is 27.7 Å². The van der Waals surface area contributed by atoms with Crippen molar-refractivity contribution in [3.8, 4) is 0 Å². The molecule has 96 valence electrons. The summed E-state index contributed by atoms with van der Waals surface area (Å²) in [5.74, 6) is -1.29. The normalized spacial score (nSPS) is 11.5. The monoisotopic (exact) mass is 242 g/mol. The minimum atomic E-state index is -1.29. The second kappa shape index (κ2) is 5.63. The Balaban J connectivity index is 4.79. The van der Waals surface area contributed by atoms with Crippen molar-refractivity contribution in [1.29, 1.82) is 0 Å². The molecule has 0 aliphatic rings. The standard InChI is InChI=1S/C12H18O5/c1-7-15-9(13)11(3,4)17-12(5,6)10(14)16-8-2/h7-8H,1-2H2,3-6H3. The number of hydrogen-bond donors (Lipinski definition) is 0. The van der Waals surface area contributed by atoms with Crippen LogP contribution in [0, 0.1) is 0 Å².